The highest BCUT2D eigenvalue weighted by atomic mass is 16.1. The first-order valence-corrected chi connectivity index (χ1v) is 6.85. The molecule has 2 nitrogen and oxygen atoms in total. The Kier molecular flexibility index (Phi) is 4.18. The van der Waals surface area contributed by atoms with Crippen molar-refractivity contribution in [2.75, 3.05) is 20.1 Å². The van der Waals surface area contributed by atoms with Crippen LogP contribution in [0.25, 0.3) is 0 Å². The smallest absolute Gasteiger partial charge is 0.177 e. The summed E-state index contributed by atoms with van der Waals surface area (Å²) in [7, 11) is 2.06. The Bertz CT molecular complexity index is 435. The number of aryl methyl sites for hydroxylation is 2. The van der Waals surface area contributed by atoms with Crippen LogP contribution in [-0.4, -0.2) is 30.8 Å². The Labute approximate surface area is 110 Å². The molecule has 2 rings (SSSR count). The fourth-order valence-electron chi connectivity index (χ4n) is 2.64. The molecule has 0 aliphatic heterocycles. The highest BCUT2D eigenvalue weighted by Gasteiger charge is 2.20. The third-order valence-corrected chi connectivity index (χ3v) is 3.89. The largest absolute Gasteiger partial charge is 0.299 e. The summed E-state index contributed by atoms with van der Waals surface area (Å²) < 4.78 is 0. The van der Waals surface area contributed by atoms with E-state index in [-0.39, 0.29) is 5.78 Å². The zero-order chi connectivity index (χ0) is 13.1. The molecule has 0 heterocycles. The molecule has 0 radical (unpaired) electrons. The number of ketones is 1. The van der Waals surface area contributed by atoms with Crippen molar-refractivity contribution in [2.24, 2.45) is 5.92 Å². The van der Waals surface area contributed by atoms with Crippen LogP contribution in [0.4, 0.5) is 0 Å². The lowest BCUT2D eigenvalue weighted by Crippen LogP contribution is -2.33. The maximum Gasteiger partial charge on any atom is 0.177 e. The summed E-state index contributed by atoms with van der Waals surface area (Å²) >= 11 is 0. The monoisotopic (exact) mass is 245 g/mol. The van der Waals surface area contributed by atoms with Gasteiger partial charge in [0.2, 0.25) is 0 Å². The van der Waals surface area contributed by atoms with Gasteiger partial charge in [-0.2, -0.15) is 0 Å². The molecule has 0 atom stereocenters. The van der Waals surface area contributed by atoms with E-state index in [1.165, 1.54) is 24.8 Å². The fourth-order valence-corrected chi connectivity index (χ4v) is 2.64. The number of carbonyl (C=O) groups is 1. The average molecular weight is 245 g/mol. The normalized spacial score (nSPS) is 15.8. The molecule has 1 saturated carbocycles. The third-order valence-electron chi connectivity index (χ3n) is 3.89. The summed E-state index contributed by atoms with van der Waals surface area (Å²) in [6.45, 7) is 5.69. The zero-order valence-electron chi connectivity index (χ0n) is 11.7. The van der Waals surface area contributed by atoms with E-state index in [1.54, 1.807) is 0 Å². The van der Waals surface area contributed by atoms with Gasteiger partial charge in [-0.15, -0.1) is 0 Å². The quantitative estimate of drug-likeness (QED) is 0.742. The minimum Gasteiger partial charge on any atom is -0.299 e. The second kappa shape index (κ2) is 5.66. The maximum atomic E-state index is 12.2. The summed E-state index contributed by atoms with van der Waals surface area (Å²) in [4.78, 5) is 14.4. The predicted molar refractivity (Wildman–Crippen MR) is 75.1 cm³/mol. The number of Topliss-reactive ketones (excluding diaryl/α,β-unsaturated/α-hetero) is 1. The minimum absolute atomic E-state index is 0.245. The topological polar surface area (TPSA) is 20.3 Å². The van der Waals surface area contributed by atoms with E-state index < -0.39 is 0 Å². The molecule has 0 amide bonds. The van der Waals surface area contributed by atoms with Crippen molar-refractivity contribution in [3.63, 3.8) is 0 Å². The molecule has 0 aromatic heterocycles. The molecule has 1 aliphatic rings. The van der Waals surface area contributed by atoms with Crippen molar-refractivity contribution in [3.05, 3.63) is 34.9 Å². The first kappa shape index (κ1) is 13.3. The van der Waals surface area contributed by atoms with E-state index >= 15 is 0 Å². The Hall–Kier alpha value is -1.15. The second-order valence-corrected chi connectivity index (χ2v) is 5.74. The number of carbonyl (C=O) groups excluding carboxylic acids is 1. The van der Waals surface area contributed by atoms with Gasteiger partial charge >= 0.3 is 0 Å². The summed E-state index contributed by atoms with van der Waals surface area (Å²) in [6.07, 6.45) is 4.04. The van der Waals surface area contributed by atoms with Gasteiger partial charge in [0.25, 0.3) is 0 Å². The molecule has 1 aromatic rings. The first-order chi connectivity index (χ1) is 8.56. The number of rotatable bonds is 5. The molecule has 1 aliphatic carbocycles. The highest BCUT2D eigenvalue weighted by Crippen LogP contribution is 2.26. The SMILES string of the molecule is Cc1ccc(C(=O)CN(C)CC2CCC2)c(C)c1. The van der Waals surface area contributed by atoms with Crippen molar-refractivity contribution in [1.82, 2.24) is 4.90 Å². The van der Waals surface area contributed by atoms with Crippen LogP contribution in [-0.2, 0) is 0 Å². The van der Waals surface area contributed by atoms with Crippen LogP contribution in [0.1, 0.15) is 40.7 Å². The van der Waals surface area contributed by atoms with E-state index in [0.29, 0.717) is 6.54 Å². The number of hydrogen-bond donors (Lipinski definition) is 0. The van der Waals surface area contributed by atoms with Crippen LogP contribution < -0.4 is 0 Å². The molecule has 0 N–H and O–H groups in total. The van der Waals surface area contributed by atoms with Gasteiger partial charge in [0.15, 0.2) is 5.78 Å². The number of nitrogens with zero attached hydrogens (tertiary/aromatic N) is 1. The minimum atomic E-state index is 0.245. The number of benzene rings is 1. The number of likely N-dealkylation sites (N-methyl/N-ethyl adjacent to an activating group) is 1. The second-order valence-electron chi connectivity index (χ2n) is 5.74. The van der Waals surface area contributed by atoms with Crippen LogP contribution in [0.15, 0.2) is 18.2 Å². The standard InChI is InChI=1S/C16H23NO/c1-12-7-8-15(13(2)9-12)16(18)11-17(3)10-14-5-4-6-14/h7-9,14H,4-6,10-11H2,1-3H3. The molecule has 1 fully saturated rings. The zero-order valence-corrected chi connectivity index (χ0v) is 11.7. The summed E-state index contributed by atoms with van der Waals surface area (Å²) in [5.41, 5.74) is 3.19. The Morgan fingerprint density at radius 3 is 2.61 bits per heavy atom. The van der Waals surface area contributed by atoms with Gasteiger partial charge in [0.05, 0.1) is 6.54 Å². The first-order valence-electron chi connectivity index (χ1n) is 6.85. The van der Waals surface area contributed by atoms with Crippen molar-refractivity contribution in [3.8, 4) is 0 Å². The predicted octanol–water partition coefficient (Wildman–Crippen LogP) is 3.22. The number of hydrogen-bond acceptors (Lipinski definition) is 2. The molecule has 0 unspecified atom stereocenters. The average Bonchev–Trinajstić information content (AvgIpc) is 2.23. The molecule has 0 spiro atoms. The third kappa shape index (κ3) is 3.20. The fraction of sp³-hybridized carbons (Fsp3) is 0.562. The molecule has 18 heavy (non-hydrogen) atoms. The van der Waals surface area contributed by atoms with Crippen molar-refractivity contribution in [2.45, 2.75) is 33.1 Å². The molecular formula is C16H23NO. The van der Waals surface area contributed by atoms with E-state index in [9.17, 15) is 4.79 Å². The van der Waals surface area contributed by atoms with Crippen LogP contribution in [0.3, 0.4) is 0 Å². The lowest BCUT2D eigenvalue weighted by molar-refractivity contribution is 0.0924. The van der Waals surface area contributed by atoms with Gasteiger partial charge in [0, 0.05) is 12.1 Å². The molecule has 0 bridgehead atoms. The van der Waals surface area contributed by atoms with Gasteiger partial charge in [-0.3, -0.25) is 9.69 Å². The van der Waals surface area contributed by atoms with Crippen LogP contribution in [0, 0.1) is 19.8 Å². The van der Waals surface area contributed by atoms with E-state index in [2.05, 4.69) is 24.9 Å². The lowest BCUT2D eigenvalue weighted by Gasteiger charge is -2.29. The summed E-state index contributed by atoms with van der Waals surface area (Å²) in [5, 5.41) is 0. The molecule has 98 valence electrons. The van der Waals surface area contributed by atoms with Crippen molar-refractivity contribution >= 4 is 5.78 Å². The van der Waals surface area contributed by atoms with Gasteiger partial charge in [-0.25, -0.2) is 0 Å². The molecule has 1 aromatic carbocycles. The Morgan fingerprint density at radius 1 is 1.33 bits per heavy atom. The maximum absolute atomic E-state index is 12.2. The Morgan fingerprint density at radius 2 is 2.06 bits per heavy atom. The van der Waals surface area contributed by atoms with Gasteiger partial charge < -0.3 is 0 Å². The molecule has 0 saturated heterocycles. The molecular weight excluding hydrogens is 222 g/mol. The highest BCUT2D eigenvalue weighted by molar-refractivity contribution is 5.98. The summed E-state index contributed by atoms with van der Waals surface area (Å²) in [6, 6.07) is 6.06. The van der Waals surface area contributed by atoms with Crippen molar-refractivity contribution < 1.29 is 4.79 Å². The van der Waals surface area contributed by atoms with Crippen molar-refractivity contribution in [1.29, 1.82) is 0 Å². The van der Waals surface area contributed by atoms with E-state index in [4.69, 9.17) is 0 Å². The van der Waals surface area contributed by atoms with Gasteiger partial charge in [-0.1, -0.05) is 30.2 Å². The van der Waals surface area contributed by atoms with E-state index in [1.807, 2.05) is 19.1 Å². The molecule has 2 heteroatoms. The van der Waals surface area contributed by atoms with Crippen LogP contribution in [0.2, 0.25) is 0 Å². The van der Waals surface area contributed by atoms with Crippen LogP contribution >= 0.6 is 0 Å². The lowest BCUT2D eigenvalue weighted by atomic mass is 9.85. The van der Waals surface area contributed by atoms with Gasteiger partial charge in [-0.05, 0) is 45.2 Å². The van der Waals surface area contributed by atoms with E-state index in [0.717, 1.165) is 23.6 Å². The van der Waals surface area contributed by atoms with Gasteiger partial charge in [0.1, 0.15) is 0 Å². The van der Waals surface area contributed by atoms with Crippen LogP contribution in [0.5, 0.6) is 0 Å². The summed E-state index contributed by atoms with van der Waals surface area (Å²) in [5.74, 6) is 1.07. The Balaban J connectivity index is 1.93.